The van der Waals surface area contributed by atoms with Gasteiger partial charge in [0.15, 0.2) is 0 Å². The first kappa shape index (κ1) is 16.5. The van der Waals surface area contributed by atoms with Crippen LogP contribution in [0, 0.1) is 0 Å². The van der Waals surface area contributed by atoms with Gasteiger partial charge in [-0.05, 0) is 45.3 Å². The van der Waals surface area contributed by atoms with Crippen LogP contribution >= 0.6 is 0 Å². The van der Waals surface area contributed by atoms with Crippen LogP contribution in [0.5, 0.6) is 0 Å². The second kappa shape index (κ2) is 7.93. The third kappa shape index (κ3) is 4.32. The summed E-state index contributed by atoms with van der Waals surface area (Å²) in [6.45, 7) is 3.61. The van der Waals surface area contributed by atoms with Crippen LogP contribution in [0.3, 0.4) is 0 Å². The van der Waals surface area contributed by atoms with E-state index in [2.05, 4.69) is 27.7 Å². The zero-order valence-electron chi connectivity index (χ0n) is 14.1. The zero-order chi connectivity index (χ0) is 16.1. The minimum Gasteiger partial charge on any atom is -0.349 e. The second-order valence-corrected chi connectivity index (χ2v) is 6.86. The van der Waals surface area contributed by atoms with E-state index in [1.807, 2.05) is 16.9 Å². The summed E-state index contributed by atoms with van der Waals surface area (Å²) in [5, 5.41) is 10.8. The molecular weight excluding hydrogens is 290 g/mol. The zero-order valence-corrected chi connectivity index (χ0v) is 14.1. The van der Waals surface area contributed by atoms with E-state index in [9.17, 15) is 4.79 Å². The van der Waals surface area contributed by atoms with Gasteiger partial charge >= 0.3 is 0 Å². The summed E-state index contributed by atoms with van der Waals surface area (Å²) in [6, 6.07) is 2.90. The molecule has 0 radical (unpaired) electrons. The molecule has 2 heterocycles. The maximum atomic E-state index is 12.2. The fraction of sp³-hybridized carbons (Fsp3) is 0.765. The Morgan fingerprint density at radius 3 is 2.96 bits per heavy atom. The molecule has 0 spiro atoms. The highest BCUT2D eigenvalue weighted by atomic mass is 16.1. The SMILES string of the molecule is CN(CCNC(=O)c1ccn(C2CCCNC2)n1)C1CCCC1. The van der Waals surface area contributed by atoms with E-state index in [-0.39, 0.29) is 5.91 Å². The first-order valence-electron chi connectivity index (χ1n) is 8.98. The van der Waals surface area contributed by atoms with Crippen molar-refractivity contribution in [2.24, 2.45) is 0 Å². The minimum absolute atomic E-state index is 0.0626. The van der Waals surface area contributed by atoms with Gasteiger partial charge in [-0.3, -0.25) is 9.48 Å². The van der Waals surface area contributed by atoms with Crippen LogP contribution in [0.2, 0.25) is 0 Å². The molecule has 1 aliphatic carbocycles. The molecule has 6 heteroatoms. The summed E-state index contributed by atoms with van der Waals surface area (Å²) < 4.78 is 1.94. The van der Waals surface area contributed by atoms with Gasteiger partial charge in [0.2, 0.25) is 0 Å². The predicted molar refractivity (Wildman–Crippen MR) is 90.6 cm³/mol. The Morgan fingerprint density at radius 1 is 1.39 bits per heavy atom. The highest BCUT2D eigenvalue weighted by Gasteiger charge is 2.20. The topological polar surface area (TPSA) is 62.2 Å². The molecule has 0 bridgehead atoms. The van der Waals surface area contributed by atoms with Crippen molar-refractivity contribution in [1.82, 2.24) is 25.3 Å². The highest BCUT2D eigenvalue weighted by molar-refractivity contribution is 5.92. The fourth-order valence-electron chi connectivity index (χ4n) is 3.69. The second-order valence-electron chi connectivity index (χ2n) is 6.86. The van der Waals surface area contributed by atoms with Crippen molar-refractivity contribution >= 4 is 5.91 Å². The van der Waals surface area contributed by atoms with E-state index in [0.29, 0.717) is 24.3 Å². The number of carbonyl (C=O) groups excluding carboxylic acids is 1. The number of carbonyl (C=O) groups is 1. The lowest BCUT2D eigenvalue weighted by Crippen LogP contribution is -2.37. The Balaban J connectivity index is 1.43. The van der Waals surface area contributed by atoms with Gasteiger partial charge in [-0.2, -0.15) is 5.10 Å². The molecule has 1 atom stereocenters. The third-order valence-electron chi connectivity index (χ3n) is 5.18. The average molecular weight is 319 g/mol. The summed E-state index contributed by atoms with van der Waals surface area (Å²) in [5.41, 5.74) is 0.527. The van der Waals surface area contributed by atoms with E-state index in [4.69, 9.17) is 0 Å². The smallest absolute Gasteiger partial charge is 0.271 e. The molecule has 1 unspecified atom stereocenters. The largest absolute Gasteiger partial charge is 0.349 e. The van der Waals surface area contributed by atoms with Gasteiger partial charge in [-0.15, -0.1) is 0 Å². The number of aromatic nitrogens is 2. The molecule has 2 aliphatic rings. The lowest BCUT2D eigenvalue weighted by molar-refractivity contribution is 0.0941. The first-order chi connectivity index (χ1) is 11.2. The van der Waals surface area contributed by atoms with E-state index in [1.54, 1.807) is 0 Å². The number of nitrogens with one attached hydrogen (secondary N) is 2. The maximum Gasteiger partial charge on any atom is 0.271 e. The van der Waals surface area contributed by atoms with E-state index < -0.39 is 0 Å². The summed E-state index contributed by atoms with van der Waals surface area (Å²) in [5.74, 6) is -0.0626. The van der Waals surface area contributed by atoms with E-state index in [0.717, 1.165) is 26.1 Å². The van der Waals surface area contributed by atoms with Crippen LogP contribution in [0.1, 0.15) is 55.1 Å². The Labute approximate surface area is 138 Å². The Bertz CT molecular complexity index is 503. The molecule has 6 nitrogen and oxygen atoms in total. The molecule has 1 amide bonds. The number of rotatable bonds is 6. The monoisotopic (exact) mass is 319 g/mol. The van der Waals surface area contributed by atoms with Gasteiger partial charge in [0.25, 0.3) is 5.91 Å². The van der Waals surface area contributed by atoms with Crippen molar-refractivity contribution in [2.45, 2.75) is 50.6 Å². The van der Waals surface area contributed by atoms with Gasteiger partial charge in [-0.1, -0.05) is 12.8 Å². The summed E-state index contributed by atoms with van der Waals surface area (Å²) in [7, 11) is 2.16. The van der Waals surface area contributed by atoms with E-state index >= 15 is 0 Å². The molecule has 1 aromatic heterocycles. The van der Waals surface area contributed by atoms with E-state index in [1.165, 1.54) is 32.1 Å². The molecule has 1 saturated carbocycles. The van der Waals surface area contributed by atoms with Crippen LogP contribution in [-0.2, 0) is 0 Å². The Hall–Kier alpha value is -1.40. The minimum atomic E-state index is -0.0626. The maximum absolute atomic E-state index is 12.2. The van der Waals surface area contributed by atoms with Gasteiger partial charge in [0.1, 0.15) is 5.69 Å². The highest BCUT2D eigenvalue weighted by Crippen LogP contribution is 2.21. The molecule has 2 N–H and O–H groups in total. The van der Waals surface area contributed by atoms with Crippen LogP contribution in [0.4, 0.5) is 0 Å². The number of hydrogen-bond acceptors (Lipinski definition) is 4. The molecule has 1 saturated heterocycles. The molecule has 128 valence electrons. The molecule has 1 aliphatic heterocycles. The molecule has 2 fully saturated rings. The number of hydrogen-bond donors (Lipinski definition) is 2. The van der Waals surface area contributed by atoms with Crippen molar-refractivity contribution in [1.29, 1.82) is 0 Å². The molecule has 0 aromatic carbocycles. The number of piperidine rings is 1. The number of likely N-dealkylation sites (N-methyl/N-ethyl adjacent to an activating group) is 1. The Morgan fingerprint density at radius 2 is 2.22 bits per heavy atom. The van der Waals surface area contributed by atoms with Crippen LogP contribution < -0.4 is 10.6 Å². The summed E-state index contributed by atoms with van der Waals surface area (Å²) in [4.78, 5) is 14.6. The van der Waals surface area contributed by atoms with Crippen molar-refractivity contribution in [3.8, 4) is 0 Å². The van der Waals surface area contributed by atoms with Gasteiger partial charge in [0, 0.05) is 31.9 Å². The van der Waals surface area contributed by atoms with Crippen LogP contribution in [0.15, 0.2) is 12.3 Å². The lowest BCUT2D eigenvalue weighted by atomic mass is 10.1. The van der Waals surface area contributed by atoms with Gasteiger partial charge in [-0.25, -0.2) is 0 Å². The van der Waals surface area contributed by atoms with Crippen molar-refractivity contribution in [3.05, 3.63) is 18.0 Å². The summed E-state index contributed by atoms with van der Waals surface area (Å²) >= 11 is 0. The molecule has 1 aromatic rings. The fourth-order valence-corrected chi connectivity index (χ4v) is 3.69. The van der Waals surface area contributed by atoms with Crippen molar-refractivity contribution in [3.63, 3.8) is 0 Å². The first-order valence-corrected chi connectivity index (χ1v) is 8.98. The van der Waals surface area contributed by atoms with Crippen LogP contribution in [0.25, 0.3) is 0 Å². The molecular formula is C17H29N5O. The standard InChI is InChI=1S/C17H29N5O/c1-21(14-5-2-3-6-14)12-10-19-17(23)16-8-11-22(20-16)15-7-4-9-18-13-15/h8,11,14-15,18H,2-7,9-10,12-13H2,1H3,(H,19,23). The van der Waals surface area contributed by atoms with Crippen molar-refractivity contribution in [2.75, 3.05) is 33.2 Å². The normalized spacial score (nSPS) is 22.6. The van der Waals surface area contributed by atoms with Gasteiger partial charge in [0.05, 0.1) is 6.04 Å². The predicted octanol–water partition coefficient (Wildman–Crippen LogP) is 1.41. The molecule has 23 heavy (non-hydrogen) atoms. The van der Waals surface area contributed by atoms with Gasteiger partial charge < -0.3 is 15.5 Å². The molecule has 3 rings (SSSR count). The van der Waals surface area contributed by atoms with Crippen LogP contribution in [-0.4, -0.2) is 59.9 Å². The quantitative estimate of drug-likeness (QED) is 0.832. The third-order valence-corrected chi connectivity index (χ3v) is 5.18. The number of nitrogens with zero attached hydrogens (tertiary/aromatic N) is 3. The number of amides is 1. The average Bonchev–Trinajstić information content (AvgIpc) is 3.27. The summed E-state index contributed by atoms with van der Waals surface area (Å²) in [6.07, 6.45) is 9.50. The Kier molecular flexibility index (Phi) is 5.67. The lowest BCUT2D eigenvalue weighted by Gasteiger charge is -2.23. The van der Waals surface area contributed by atoms with Crippen molar-refractivity contribution < 1.29 is 4.79 Å².